The first-order valence-electron chi connectivity index (χ1n) is 5.94. The van der Waals surface area contributed by atoms with Crippen molar-refractivity contribution < 1.29 is 9.53 Å². The van der Waals surface area contributed by atoms with E-state index in [1.807, 2.05) is 11.0 Å². The average Bonchev–Trinajstić information content (AvgIpc) is 2.46. The molecule has 1 aliphatic heterocycles. The van der Waals surface area contributed by atoms with Crippen molar-refractivity contribution in [2.75, 3.05) is 25.1 Å². The van der Waals surface area contributed by atoms with Gasteiger partial charge >= 0.3 is 5.97 Å². The van der Waals surface area contributed by atoms with E-state index in [9.17, 15) is 4.79 Å². The molecule has 1 aromatic rings. The molecular formula is C13H15N3O2. The van der Waals surface area contributed by atoms with E-state index in [4.69, 9.17) is 10.00 Å². The smallest absolute Gasteiger partial charge is 0.310 e. The maximum atomic E-state index is 11.6. The maximum Gasteiger partial charge on any atom is 0.310 e. The van der Waals surface area contributed by atoms with Crippen LogP contribution in [0.1, 0.15) is 18.5 Å². The lowest BCUT2D eigenvalue weighted by Crippen LogP contribution is -2.39. The van der Waals surface area contributed by atoms with E-state index < -0.39 is 0 Å². The summed E-state index contributed by atoms with van der Waals surface area (Å²) in [6.45, 7) is 1.43. The van der Waals surface area contributed by atoms with Crippen molar-refractivity contribution >= 4 is 11.7 Å². The second kappa shape index (κ2) is 5.50. The van der Waals surface area contributed by atoms with Gasteiger partial charge in [0.25, 0.3) is 0 Å². The van der Waals surface area contributed by atoms with Crippen molar-refractivity contribution in [3.05, 3.63) is 24.0 Å². The summed E-state index contributed by atoms with van der Waals surface area (Å²) in [5.74, 6) is -0.294. The molecule has 0 N–H and O–H groups in total. The van der Waals surface area contributed by atoms with Crippen molar-refractivity contribution in [3.63, 3.8) is 0 Å². The van der Waals surface area contributed by atoms with E-state index in [0.717, 1.165) is 25.1 Å². The Bertz CT molecular complexity index is 481. The van der Waals surface area contributed by atoms with Crippen LogP contribution >= 0.6 is 0 Å². The Morgan fingerprint density at radius 1 is 1.67 bits per heavy atom. The third kappa shape index (κ3) is 2.43. The Morgan fingerprint density at radius 3 is 3.22 bits per heavy atom. The van der Waals surface area contributed by atoms with Crippen molar-refractivity contribution in [2.45, 2.75) is 12.8 Å². The zero-order chi connectivity index (χ0) is 13.0. The number of hydrogen-bond acceptors (Lipinski definition) is 5. The van der Waals surface area contributed by atoms with Crippen LogP contribution < -0.4 is 4.90 Å². The monoisotopic (exact) mass is 245 g/mol. The number of nitriles is 1. The number of esters is 1. The van der Waals surface area contributed by atoms with Crippen LogP contribution in [-0.2, 0) is 9.53 Å². The number of nitrogens with zero attached hydrogens (tertiary/aromatic N) is 3. The summed E-state index contributed by atoms with van der Waals surface area (Å²) in [5.41, 5.74) is 1.21. The number of carbonyl (C=O) groups is 1. The van der Waals surface area contributed by atoms with Gasteiger partial charge in [-0.2, -0.15) is 5.26 Å². The molecule has 2 rings (SSSR count). The summed E-state index contributed by atoms with van der Waals surface area (Å²) in [4.78, 5) is 17.7. The van der Waals surface area contributed by atoms with Crippen LogP contribution in [0.4, 0.5) is 5.69 Å². The van der Waals surface area contributed by atoms with Gasteiger partial charge < -0.3 is 9.64 Å². The fourth-order valence-electron chi connectivity index (χ4n) is 2.29. The molecule has 1 atom stereocenters. The maximum absolute atomic E-state index is 11.6. The lowest BCUT2D eigenvalue weighted by molar-refractivity contribution is -0.145. The fraction of sp³-hybridized carbons (Fsp3) is 0.462. The Balaban J connectivity index is 2.18. The molecule has 1 unspecified atom stereocenters. The Kier molecular flexibility index (Phi) is 3.78. The average molecular weight is 245 g/mol. The van der Waals surface area contributed by atoms with Gasteiger partial charge in [-0.25, -0.2) is 4.98 Å². The minimum Gasteiger partial charge on any atom is -0.469 e. The Hall–Kier alpha value is -2.09. The van der Waals surface area contributed by atoms with Crippen molar-refractivity contribution in [1.29, 1.82) is 5.26 Å². The molecule has 1 aromatic heterocycles. The van der Waals surface area contributed by atoms with Gasteiger partial charge in [-0.1, -0.05) is 0 Å². The second-order valence-electron chi connectivity index (χ2n) is 4.29. The van der Waals surface area contributed by atoms with Crippen LogP contribution in [0.5, 0.6) is 0 Å². The number of rotatable bonds is 2. The second-order valence-corrected chi connectivity index (χ2v) is 4.29. The molecule has 5 heteroatoms. The number of carbonyl (C=O) groups excluding carboxylic acids is 1. The van der Waals surface area contributed by atoms with Crippen LogP contribution in [0, 0.1) is 17.2 Å². The number of ether oxygens (including phenoxy) is 1. The zero-order valence-electron chi connectivity index (χ0n) is 10.3. The number of aromatic nitrogens is 1. The van der Waals surface area contributed by atoms with Crippen molar-refractivity contribution in [1.82, 2.24) is 4.98 Å². The molecule has 0 saturated carbocycles. The van der Waals surface area contributed by atoms with Crippen LogP contribution in [-0.4, -0.2) is 31.2 Å². The van der Waals surface area contributed by atoms with Gasteiger partial charge in [0, 0.05) is 19.3 Å². The zero-order valence-corrected chi connectivity index (χ0v) is 10.3. The van der Waals surface area contributed by atoms with Gasteiger partial charge in [-0.05, 0) is 25.0 Å². The van der Waals surface area contributed by atoms with Crippen molar-refractivity contribution in [2.24, 2.45) is 5.92 Å². The molecule has 1 aliphatic rings. The quantitative estimate of drug-likeness (QED) is 0.736. The molecular weight excluding hydrogens is 230 g/mol. The number of methoxy groups -OCH3 is 1. The van der Waals surface area contributed by atoms with Gasteiger partial charge in [0.2, 0.25) is 0 Å². The summed E-state index contributed by atoms with van der Waals surface area (Å²) < 4.78 is 4.78. The minimum atomic E-state index is -0.179. The number of pyridine rings is 1. The van der Waals surface area contributed by atoms with Gasteiger partial charge in [0.05, 0.1) is 18.7 Å². The molecule has 94 valence electrons. The lowest BCUT2D eigenvalue weighted by atomic mass is 9.97. The van der Waals surface area contributed by atoms with E-state index in [1.54, 1.807) is 12.3 Å². The Morgan fingerprint density at radius 2 is 2.50 bits per heavy atom. The SMILES string of the molecule is COC(=O)C1CCCN(c2cccnc2C#N)C1. The highest BCUT2D eigenvalue weighted by Crippen LogP contribution is 2.25. The topological polar surface area (TPSA) is 66.2 Å². The molecule has 0 radical (unpaired) electrons. The van der Waals surface area contributed by atoms with E-state index in [1.165, 1.54) is 7.11 Å². The van der Waals surface area contributed by atoms with E-state index in [0.29, 0.717) is 12.2 Å². The third-order valence-corrected chi connectivity index (χ3v) is 3.19. The number of hydrogen-bond donors (Lipinski definition) is 0. The molecule has 1 fully saturated rings. The molecule has 1 saturated heterocycles. The minimum absolute atomic E-state index is 0.115. The molecule has 2 heterocycles. The van der Waals surface area contributed by atoms with Crippen LogP contribution in [0.15, 0.2) is 18.3 Å². The molecule has 5 nitrogen and oxygen atoms in total. The molecule has 18 heavy (non-hydrogen) atoms. The van der Waals surface area contributed by atoms with E-state index >= 15 is 0 Å². The highest BCUT2D eigenvalue weighted by molar-refractivity contribution is 5.73. The summed E-state index contributed by atoms with van der Waals surface area (Å²) in [5, 5.41) is 9.04. The number of piperidine rings is 1. The van der Waals surface area contributed by atoms with Gasteiger partial charge in [-0.15, -0.1) is 0 Å². The predicted octanol–water partition coefficient (Wildman–Crippen LogP) is 1.34. The van der Waals surface area contributed by atoms with Crippen LogP contribution in [0.25, 0.3) is 0 Å². The van der Waals surface area contributed by atoms with E-state index in [-0.39, 0.29) is 11.9 Å². The first kappa shape index (κ1) is 12.4. The summed E-state index contributed by atoms with van der Waals surface area (Å²) >= 11 is 0. The normalized spacial score (nSPS) is 19.1. The van der Waals surface area contributed by atoms with Gasteiger partial charge in [0.1, 0.15) is 6.07 Å². The third-order valence-electron chi connectivity index (χ3n) is 3.19. The summed E-state index contributed by atoms with van der Waals surface area (Å²) in [6, 6.07) is 5.75. The standard InChI is InChI=1S/C13H15N3O2/c1-18-13(17)10-4-3-7-16(9-10)12-5-2-6-15-11(12)8-14/h2,5-6,10H,3-4,7,9H2,1H3. The fourth-order valence-corrected chi connectivity index (χ4v) is 2.29. The highest BCUT2D eigenvalue weighted by atomic mass is 16.5. The van der Waals surface area contributed by atoms with Crippen molar-refractivity contribution in [3.8, 4) is 6.07 Å². The molecule has 0 amide bonds. The summed E-state index contributed by atoms with van der Waals surface area (Å²) in [7, 11) is 1.41. The van der Waals surface area contributed by atoms with Crippen LogP contribution in [0.3, 0.4) is 0 Å². The number of anilines is 1. The highest BCUT2D eigenvalue weighted by Gasteiger charge is 2.27. The van der Waals surface area contributed by atoms with Crippen LogP contribution in [0.2, 0.25) is 0 Å². The molecule has 0 aromatic carbocycles. The Labute approximate surface area is 106 Å². The molecule has 0 spiro atoms. The lowest BCUT2D eigenvalue weighted by Gasteiger charge is -2.33. The summed E-state index contributed by atoms with van der Waals surface area (Å²) in [6.07, 6.45) is 3.36. The first-order valence-corrected chi connectivity index (χ1v) is 5.94. The predicted molar refractivity (Wildman–Crippen MR) is 65.9 cm³/mol. The molecule has 0 aliphatic carbocycles. The first-order chi connectivity index (χ1) is 8.76. The molecule has 0 bridgehead atoms. The van der Waals surface area contributed by atoms with Gasteiger partial charge in [-0.3, -0.25) is 4.79 Å². The largest absolute Gasteiger partial charge is 0.469 e. The van der Waals surface area contributed by atoms with Gasteiger partial charge in [0.15, 0.2) is 5.69 Å². The van der Waals surface area contributed by atoms with E-state index in [2.05, 4.69) is 11.1 Å².